The lowest BCUT2D eigenvalue weighted by Gasteiger charge is -2.15. The number of furan rings is 1. The molecule has 0 spiro atoms. The van der Waals surface area contributed by atoms with Crippen molar-refractivity contribution in [3.05, 3.63) is 194 Å². The molecule has 59 heavy (non-hydrogen) atoms. The lowest BCUT2D eigenvalue weighted by atomic mass is 9.96. The van der Waals surface area contributed by atoms with Gasteiger partial charge in [-0.25, -0.2) is 0 Å². The van der Waals surface area contributed by atoms with E-state index in [0.29, 0.717) is 0 Å². The first-order chi connectivity index (χ1) is 29.2. The van der Waals surface area contributed by atoms with Crippen molar-refractivity contribution in [1.82, 2.24) is 9.13 Å². The van der Waals surface area contributed by atoms with Crippen molar-refractivity contribution in [2.75, 3.05) is 0 Å². The van der Waals surface area contributed by atoms with Gasteiger partial charge >= 0.3 is 0 Å². The Labute approximate surface area is 340 Å². The predicted molar refractivity (Wildman–Crippen MR) is 245 cm³/mol. The van der Waals surface area contributed by atoms with Crippen molar-refractivity contribution >= 4 is 71.2 Å². The minimum atomic E-state index is 0.731. The Morgan fingerprint density at radius 3 is 1.80 bits per heavy atom. The molecule has 0 aliphatic heterocycles. The second-order valence-electron chi connectivity index (χ2n) is 15.5. The monoisotopic (exact) mass is 753 g/mol. The van der Waals surface area contributed by atoms with E-state index in [1.165, 1.54) is 49.3 Å². The zero-order valence-corrected chi connectivity index (χ0v) is 32.1. The molecule has 12 rings (SSSR count). The van der Waals surface area contributed by atoms with Crippen molar-refractivity contribution in [2.24, 2.45) is 0 Å². The van der Waals surface area contributed by atoms with E-state index in [0.717, 1.165) is 79.4 Å². The zero-order chi connectivity index (χ0) is 39.0. The van der Waals surface area contributed by atoms with E-state index in [-0.39, 0.29) is 0 Å². The van der Waals surface area contributed by atoms with Crippen molar-refractivity contribution in [3.8, 4) is 45.1 Å². The van der Waals surface area contributed by atoms with Gasteiger partial charge in [0.05, 0.1) is 28.1 Å². The van der Waals surface area contributed by atoms with E-state index in [1.807, 2.05) is 24.3 Å². The normalized spacial score (nSPS) is 13.1. The highest BCUT2D eigenvalue weighted by molar-refractivity contribution is 6.14. The third-order valence-corrected chi connectivity index (χ3v) is 12.2. The summed E-state index contributed by atoms with van der Waals surface area (Å²) >= 11 is 0. The maximum Gasteiger partial charge on any atom is 0.143 e. The van der Waals surface area contributed by atoms with Gasteiger partial charge in [-0.1, -0.05) is 115 Å². The number of nitriles is 1. The lowest BCUT2D eigenvalue weighted by molar-refractivity contribution is 0.670. The average molecular weight is 754 g/mol. The van der Waals surface area contributed by atoms with E-state index in [4.69, 9.17) is 4.42 Å². The minimum Gasteiger partial charge on any atom is -0.455 e. The van der Waals surface area contributed by atoms with Crippen LogP contribution in [0.5, 0.6) is 0 Å². The topological polar surface area (TPSA) is 46.8 Å². The molecule has 1 aliphatic rings. The van der Waals surface area contributed by atoms with Gasteiger partial charge in [-0.15, -0.1) is 0 Å². The molecule has 4 nitrogen and oxygen atoms in total. The molecule has 3 heterocycles. The number of aromatic nitrogens is 2. The van der Waals surface area contributed by atoms with Gasteiger partial charge in [0.1, 0.15) is 11.2 Å². The highest BCUT2D eigenvalue weighted by Crippen LogP contribution is 2.42. The Balaban J connectivity index is 1.00. The number of nitrogens with zero attached hydrogens (tertiary/aromatic N) is 3. The van der Waals surface area contributed by atoms with Crippen molar-refractivity contribution in [1.29, 1.82) is 5.26 Å². The summed E-state index contributed by atoms with van der Waals surface area (Å²) in [5, 5.41) is 16.8. The Bertz CT molecular complexity index is 3620. The first kappa shape index (κ1) is 33.3. The van der Waals surface area contributed by atoms with Crippen LogP contribution in [0.3, 0.4) is 0 Å². The number of hydrogen-bond acceptors (Lipinski definition) is 2. The highest BCUT2D eigenvalue weighted by atomic mass is 16.3. The Hall–Kier alpha value is -7.87. The molecule has 8 aromatic carbocycles. The molecule has 0 atom stereocenters. The van der Waals surface area contributed by atoms with Gasteiger partial charge in [0.25, 0.3) is 0 Å². The first-order valence-electron chi connectivity index (χ1n) is 20.2. The van der Waals surface area contributed by atoms with E-state index in [9.17, 15) is 5.26 Å². The zero-order valence-electron chi connectivity index (χ0n) is 32.1. The number of hydrogen-bond donors (Lipinski definition) is 0. The van der Waals surface area contributed by atoms with Crippen molar-refractivity contribution in [3.63, 3.8) is 0 Å². The molecule has 0 fully saturated rings. The molecular formula is C55H35N3O. The fraction of sp³-hybridized carbons (Fsp3) is 0.0364. The number of fused-ring (bicyclic) bond motifs is 9. The van der Waals surface area contributed by atoms with Gasteiger partial charge in [-0.3, -0.25) is 0 Å². The average Bonchev–Trinajstić information content (AvgIpc) is 3.96. The summed E-state index contributed by atoms with van der Waals surface area (Å²) in [6.45, 7) is 0. The SMILES string of the molecule is N#CC1=CCCC(n2c3ccccc3c3cc(-c4cccc(-c5ccc6c(c5)c5cc(-c7cccc8c7oc7ccccc78)ccc5n6-c5ccccc5)c4)ccc32)=C1. The van der Waals surface area contributed by atoms with Gasteiger partial charge in [-0.05, 0) is 113 Å². The molecule has 276 valence electrons. The molecule has 0 radical (unpaired) electrons. The molecular weight excluding hydrogens is 719 g/mol. The van der Waals surface area contributed by atoms with Crippen LogP contribution in [-0.2, 0) is 0 Å². The lowest BCUT2D eigenvalue weighted by Crippen LogP contribution is -2.00. The van der Waals surface area contributed by atoms with E-state index >= 15 is 0 Å². The summed E-state index contributed by atoms with van der Waals surface area (Å²) in [5.41, 5.74) is 16.4. The molecule has 0 amide bonds. The van der Waals surface area contributed by atoms with E-state index < -0.39 is 0 Å². The van der Waals surface area contributed by atoms with E-state index in [1.54, 1.807) is 0 Å². The number of rotatable bonds is 5. The van der Waals surface area contributed by atoms with E-state index in [2.05, 4.69) is 179 Å². The first-order valence-corrected chi connectivity index (χ1v) is 20.2. The number of para-hydroxylation sites is 4. The quantitative estimate of drug-likeness (QED) is 0.176. The summed E-state index contributed by atoms with van der Waals surface area (Å²) in [5.74, 6) is 0. The second kappa shape index (κ2) is 13.1. The van der Waals surface area contributed by atoms with Crippen molar-refractivity contribution < 1.29 is 4.42 Å². The summed E-state index contributed by atoms with van der Waals surface area (Å²) in [6.07, 6.45) is 5.84. The van der Waals surface area contributed by atoms with Crippen LogP contribution in [0, 0.1) is 11.3 Å². The van der Waals surface area contributed by atoms with Crippen LogP contribution in [0.1, 0.15) is 12.8 Å². The Morgan fingerprint density at radius 2 is 1.03 bits per heavy atom. The van der Waals surface area contributed by atoms with Gasteiger partial charge < -0.3 is 13.6 Å². The highest BCUT2D eigenvalue weighted by Gasteiger charge is 2.19. The van der Waals surface area contributed by atoms with Crippen LogP contribution >= 0.6 is 0 Å². The third-order valence-electron chi connectivity index (χ3n) is 12.2. The van der Waals surface area contributed by atoms with Gasteiger partial charge in [0.15, 0.2) is 0 Å². The second-order valence-corrected chi connectivity index (χ2v) is 15.5. The summed E-state index contributed by atoms with van der Waals surface area (Å²) in [4.78, 5) is 0. The summed E-state index contributed by atoms with van der Waals surface area (Å²) < 4.78 is 11.2. The summed E-state index contributed by atoms with van der Waals surface area (Å²) in [7, 11) is 0. The Morgan fingerprint density at radius 1 is 0.458 bits per heavy atom. The van der Waals surface area contributed by atoms with Crippen LogP contribution in [0.2, 0.25) is 0 Å². The van der Waals surface area contributed by atoms with Crippen LogP contribution in [-0.4, -0.2) is 9.13 Å². The smallest absolute Gasteiger partial charge is 0.143 e. The molecule has 0 N–H and O–H groups in total. The number of benzene rings is 8. The fourth-order valence-corrected chi connectivity index (χ4v) is 9.48. The fourth-order valence-electron chi connectivity index (χ4n) is 9.48. The molecule has 0 saturated heterocycles. The van der Waals surface area contributed by atoms with Crippen molar-refractivity contribution in [2.45, 2.75) is 12.8 Å². The molecule has 4 heteroatoms. The van der Waals surface area contributed by atoms with Crippen LogP contribution < -0.4 is 0 Å². The summed E-state index contributed by atoms with van der Waals surface area (Å²) in [6, 6.07) is 65.8. The standard InChI is InChI=1S/C55H35N3O/c56-34-35-11-8-16-42(29-35)58-50-21-6-4-17-44(50)47-31-38(23-26-51(47)58)36-12-9-13-37(30-36)39-24-27-52-48(32-39)49-33-40(25-28-53(49)57(52)41-14-2-1-3-15-41)43-19-10-20-46-45-18-5-7-22-54(45)59-55(43)46/h1-7,9-15,17-33H,8,16H2. The number of allylic oxidation sites excluding steroid dienone is 4. The maximum absolute atomic E-state index is 9.68. The maximum atomic E-state index is 9.68. The van der Waals surface area contributed by atoms with Crippen LogP contribution in [0.25, 0.3) is 110 Å². The van der Waals surface area contributed by atoms with Gasteiger partial charge in [0, 0.05) is 54.8 Å². The molecule has 1 aliphatic carbocycles. The Kier molecular flexibility index (Phi) is 7.39. The van der Waals surface area contributed by atoms with Crippen LogP contribution in [0.4, 0.5) is 0 Å². The van der Waals surface area contributed by atoms with Gasteiger partial charge in [0.2, 0.25) is 0 Å². The van der Waals surface area contributed by atoms with Gasteiger partial charge in [-0.2, -0.15) is 5.26 Å². The third kappa shape index (κ3) is 5.22. The van der Waals surface area contributed by atoms with Crippen LogP contribution in [0.15, 0.2) is 198 Å². The largest absolute Gasteiger partial charge is 0.455 e. The minimum absolute atomic E-state index is 0.731. The molecule has 0 saturated carbocycles. The predicted octanol–water partition coefficient (Wildman–Crippen LogP) is 14.9. The molecule has 0 bridgehead atoms. The molecule has 3 aromatic heterocycles. The molecule has 0 unspecified atom stereocenters. The molecule has 11 aromatic rings.